The topological polar surface area (TPSA) is 84.9 Å². The summed E-state index contributed by atoms with van der Waals surface area (Å²) in [7, 11) is -1.01. The van der Waals surface area contributed by atoms with E-state index in [4.69, 9.17) is 9.47 Å². The molecule has 3 rings (SSSR count). The molecule has 0 spiro atoms. The Morgan fingerprint density at radius 2 is 1.83 bits per heavy atom. The predicted molar refractivity (Wildman–Crippen MR) is 111 cm³/mol. The van der Waals surface area contributed by atoms with Crippen molar-refractivity contribution in [3.05, 3.63) is 47.5 Å². The van der Waals surface area contributed by atoms with Gasteiger partial charge in [-0.15, -0.1) is 0 Å². The number of hydrogen-bond donors (Lipinski definition) is 1. The fourth-order valence-corrected chi connectivity index (χ4v) is 4.61. The molecule has 1 aliphatic heterocycles. The molecule has 0 aromatic heterocycles. The second kappa shape index (κ2) is 8.32. The number of carbonyl (C=O) groups excluding carboxylic acids is 1. The average Bonchev–Trinajstić information content (AvgIpc) is 2.71. The van der Waals surface area contributed by atoms with Gasteiger partial charge in [0.05, 0.1) is 14.2 Å². The first-order valence-electron chi connectivity index (χ1n) is 9.40. The lowest BCUT2D eigenvalue weighted by atomic mass is 9.98. The van der Waals surface area contributed by atoms with Crippen molar-refractivity contribution in [1.29, 1.82) is 0 Å². The summed E-state index contributed by atoms with van der Waals surface area (Å²) in [6, 6.07) is 10.0. The van der Waals surface area contributed by atoms with E-state index < -0.39 is 10.0 Å². The molecule has 0 aliphatic carbocycles. The van der Waals surface area contributed by atoms with Gasteiger partial charge in [0.15, 0.2) is 0 Å². The van der Waals surface area contributed by atoms with Gasteiger partial charge in [0.2, 0.25) is 5.91 Å². The molecule has 0 fully saturated rings. The summed E-state index contributed by atoms with van der Waals surface area (Å²) in [5.74, 6) is 0.672. The van der Waals surface area contributed by atoms with E-state index in [1.807, 2.05) is 24.8 Å². The zero-order valence-electron chi connectivity index (χ0n) is 17.1. The van der Waals surface area contributed by atoms with E-state index in [2.05, 4.69) is 4.72 Å². The standard InChI is InChI=1S/C21H26N2O5S/c1-14(2)21(24)23-10-9-15-5-6-17(11-16(15)13-23)22-29(25,26)20-12-18(27-3)7-8-19(20)28-4/h5-8,11-12,14,22H,9-10,13H2,1-4H3. The molecule has 0 saturated heterocycles. The molecule has 156 valence electrons. The lowest BCUT2D eigenvalue weighted by Crippen LogP contribution is -2.38. The molecular weight excluding hydrogens is 392 g/mol. The van der Waals surface area contributed by atoms with Crippen molar-refractivity contribution in [1.82, 2.24) is 4.90 Å². The highest BCUT2D eigenvalue weighted by molar-refractivity contribution is 7.92. The summed E-state index contributed by atoms with van der Waals surface area (Å²) < 4.78 is 38.9. The number of sulfonamides is 1. The van der Waals surface area contributed by atoms with Crippen LogP contribution in [0.5, 0.6) is 11.5 Å². The Morgan fingerprint density at radius 1 is 1.07 bits per heavy atom. The highest BCUT2D eigenvalue weighted by atomic mass is 32.2. The Bertz CT molecular complexity index is 1020. The van der Waals surface area contributed by atoms with E-state index in [1.165, 1.54) is 20.3 Å². The van der Waals surface area contributed by atoms with Crippen molar-refractivity contribution < 1.29 is 22.7 Å². The molecule has 0 atom stereocenters. The van der Waals surface area contributed by atoms with E-state index in [9.17, 15) is 13.2 Å². The number of anilines is 1. The molecule has 7 nitrogen and oxygen atoms in total. The van der Waals surface area contributed by atoms with Crippen LogP contribution in [0.25, 0.3) is 0 Å². The molecular formula is C21H26N2O5S. The minimum Gasteiger partial charge on any atom is -0.497 e. The normalized spacial score (nSPS) is 13.8. The molecule has 0 bridgehead atoms. The van der Waals surface area contributed by atoms with Crippen LogP contribution in [0.3, 0.4) is 0 Å². The molecule has 1 heterocycles. The quantitative estimate of drug-likeness (QED) is 0.779. The van der Waals surface area contributed by atoms with Crippen LogP contribution in [0.2, 0.25) is 0 Å². The molecule has 2 aromatic carbocycles. The minimum absolute atomic E-state index is 0.00585. The van der Waals surface area contributed by atoms with Crippen LogP contribution in [0.4, 0.5) is 5.69 Å². The summed E-state index contributed by atoms with van der Waals surface area (Å²) in [4.78, 5) is 14.1. The van der Waals surface area contributed by atoms with E-state index in [1.54, 1.807) is 24.3 Å². The van der Waals surface area contributed by atoms with Gasteiger partial charge in [-0.2, -0.15) is 0 Å². The lowest BCUT2D eigenvalue weighted by molar-refractivity contribution is -0.135. The summed E-state index contributed by atoms with van der Waals surface area (Å²) in [5.41, 5.74) is 2.51. The second-order valence-electron chi connectivity index (χ2n) is 7.27. The van der Waals surface area contributed by atoms with E-state index in [0.717, 1.165) is 17.5 Å². The number of amides is 1. The van der Waals surface area contributed by atoms with Crippen molar-refractivity contribution in [2.24, 2.45) is 5.92 Å². The summed E-state index contributed by atoms with van der Waals surface area (Å²) in [6.45, 7) is 4.91. The lowest BCUT2D eigenvalue weighted by Gasteiger charge is -2.30. The van der Waals surface area contributed by atoms with Gasteiger partial charge in [-0.25, -0.2) is 8.42 Å². The highest BCUT2D eigenvalue weighted by Crippen LogP contribution is 2.31. The SMILES string of the molecule is COc1ccc(OC)c(S(=O)(=O)Nc2ccc3c(c2)CN(C(=O)C(C)C)CC3)c1. The third kappa shape index (κ3) is 4.48. The Morgan fingerprint density at radius 3 is 2.48 bits per heavy atom. The average molecular weight is 419 g/mol. The summed E-state index contributed by atoms with van der Waals surface area (Å²) in [6.07, 6.45) is 0.754. The van der Waals surface area contributed by atoms with Crippen molar-refractivity contribution in [2.45, 2.75) is 31.7 Å². The monoisotopic (exact) mass is 418 g/mol. The number of rotatable bonds is 6. The van der Waals surface area contributed by atoms with Gasteiger partial charge in [0.1, 0.15) is 16.4 Å². The maximum absolute atomic E-state index is 13.0. The van der Waals surface area contributed by atoms with E-state index in [0.29, 0.717) is 24.5 Å². The van der Waals surface area contributed by atoms with Crippen LogP contribution in [0, 0.1) is 5.92 Å². The van der Waals surface area contributed by atoms with E-state index >= 15 is 0 Å². The van der Waals surface area contributed by atoms with Crippen LogP contribution in [0.15, 0.2) is 41.3 Å². The van der Waals surface area contributed by atoms with Crippen LogP contribution < -0.4 is 14.2 Å². The molecule has 2 aromatic rings. The number of methoxy groups -OCH3 is 2. The Kier molecular flexibility index (Phi) is 6.02. The summed E-state index contributed by atoms with van der Waals surface area (Å²) >= 11 is 0. The third-order valence-corrected chi connectivity index (χ3v) is 6.34. The first-order valence-corrected chi connectivity index (χ1v) is 10.9. The number of benzene rings is 2. The number of hydrogen-bond acceptors (Lipinski definition) is 5. The molecule has 0 unspecified atom stereocenters. The van der Waals surface area contributed by atoms with Gasteiger partial charge < -0.3 is 14.4 Å². The van der Waals surface area contributed by atoms with Crippen molar-refractivity contribution >= 4 is 21.6 Å². The second-order valence-corrected chi connectivity index (χ2v) is 8.92. The number of fused-ring (bicyclic) bond motifs is 1. The Hall–Kier alpha value is -2.74. The largest absolute Gasteiger partial charge is 0.497 e. The van der Waals surface area contributed by atoms with E-state index in [-0.39, 0.29) is 22.5 Å². The molecule has 0 radical (unpaired) electrons. The fourth-order valence-electron chi connectivity index (χ4n) is 3.38. The maximum atomic E-state index is 13.0. The summed E-state index contributed by atoms with van der Waals surface area (Å²) in [5, 5.41) is 0. The zero-order chi connectivity index (χ0) is 21.2. The van der Waals surface area contributed by atoms with Gasteiger partial charge in [-0.3, -0.25) is 9.52 Å². The number of nitrogens with zero attached hydrogens (tertiary/aromatic N) is 1. The molecule has 0 saturated carbocycles. The number of ether oxygens (including phenoxy) is 2. The molecule has 1 aliphatic rings. The predicted octanol–water partition coefficient (Wildman–Crippen LogP) is 3.05. The Balaban J connectivity index is 1.88. The third-order valence-electron chi connectivity index (χ3n) is 4.94. The molecule has 8 heteroatoms. The Labute approximate surface area is 171 Å². The number of carbonyl (C=O) groups is 1. The van der Waals surface area contributed by atoms with Gasteiger partial charge in [0, 0.05) is 30.8 Å². The molecule has 1 amide bonds. The van der Waals surface area contributed by atoms with Crippen LogP contribution in [0.1, 0.15) is 25.0 Å². The van der Waals surface area contributed by atoms with Crippen LogP contribution in [-0.2, 0) is 27.8 Å². The van der Waals surface area contributed by atoms with Crippen LogP contribution in [-0.4, -0.2) is 40.0 Å². The van der Waals surface area contributed by atoms with Gasteiger partial charge >= 0.3 is 0 Å². The molecule has 1 N–H and O–H groups in total. The van der Waals surface area contributed by atoms with Crippen molar-refractivity contribution in [3.8, 4) is 11.5 Å². The molecule has 29 heavy (non-hydrogen) atoms. The van der Waals surface area contributed by atoms with Gasteiger partial charge in [0.25, 0.3) is 10.0 Å². The van der Waals surface area contributed by atoms with Crippen molar-refractivity contribution in [3.63, 3.8) is 0 Å². The van der Waals surface area contributed by atoms with Gasteiger partial charge in [-0.1, -0.05) is 19.9 Å². The number of nitrogens with one attached hydrogen (secondary N) is 1. The fraction of sp³-hybridized carbons (Fsp3) is 0.381. The first kappa shape index (κ1) is 21.0. The van der Waals surface area contributed by atoms with Gasteiger partial charge in [-0.05, 0) is 41.8 Å². The zero-order valence-corrected chi connectivity index (χ0v) is 17.9. The maximum Gasteiger partial charge on any atom is 0.265 e. The minimum atomic E-state index is -3.89. The van der Waals surface area contributed by atoms with Crippen molar-refractivity contribution in [2.75, 3.05) is 25.5 Å². The van der Waals surface area contributed by atoms with Crippen LogP contribution >= 0.6 is 0 Å². The highest BCUT2D eigenvalue weighted by Gasteiger charge is 2.24. The first-order chi connectivity index (χ1) is 13.7. The smallest absolute Gasteiger partial charge is 0.265 e.